The van der Waals surface area contributed by atoms with Gasteiger partial charge < -0.3 is 4.90 Å². The number of hydrogen-bond donors (Lipinski definition) is 0. The Morgan fingerprint density at radius 2 is 1.57 bits per heavy atom. The highest BCUT2D eigenvalue weighted by atomic mass is 15.1. The Labute approximate surface area is 132 Å². The van der Waals surface area contributed by atoms with Crippen molar-refractivity contribution in [3.05, 3.63) is 35.9 Å². The van der Waals surface area contributed by atoms with Crippen LogP contribution in [0.3, 0.4) is 0 Å². The zero-order valence-corrected chi connectivity index (χ0v) is 14.5. The van der Waals surface area contributed by atoms with Crippen LogP contribution in [0.15, 0.2) is 30.3 Å². The maximum absolute atomic E-state index is 2.66. The van der Waals surface area contributed by atoms with Crippen molar-refractivity contribution in [2.75, 3.05) is 19.6 Å². The van der Waals surface area contributed by atoms with Crippen LogP contribution in [0.1, 0.15) is 64.9 Å². The molecule has 1 aliphatic rings. The summed E-state index contributed by atoms with van der Waals surface area (Å²) in [5.41, 5.74) is 1.47. The lowest BCUT2D eigenvalue weighted by Gasteiger charge is -2.25. The number of likely N-dealkylation sites (N-methyl/N-ethyl adjacent to an activating group) is 1. The van der Waals surface area contributed by atoms with Gasteiger partial charge in [0.2, 0.25) is 0 Å². The van der Waals surface area contributed by atoms with E-state index in [4.69, 9.17) is 0 Å². The molecule has 1 nitrogen and oxygen atoms in total. The lowest BCUT2D eigenvalue weighted by molar-refractivity contribution is 0.231. The van der Waals surface area contributed by atoms with E-state index in [1.54, 1.807) is 0 Å². The summed E-state index contributed by atoms with van der Waals surface area (Å²) >= 11 is 0. The monoisotopic (exact) mass is 289 g/mol. The summed E-state index contributed by atoms with van der Waals surface area (Å²) in [6.07, 6.45) is 9.96. The van der Waals surface area contributed by atoms with Gasteiger partial charge in [-0.3, -0.25) is 0 Å². The molecule has 0 aromatic heterocycles. The fraction of sp³-hybridized carbons (Fsp3) is 0.700. The summed E-state index contributed by atoms with van der Waals surface area (Å²) in [6, 6.07) is 10.9. The Hall–Kier alpha value is -0.820. The molecular formula is C20H35N. The molecule has 2 rings (SSSR count). The van der Waals surface area contributed by atoms with E-state index in [2.05, 4.69) is 42.2 Å². The Bertz CT molecular complexity index is 325. The minimum Gasteiger partial charge on any atom is -0.303 e. The molecule has 0 spiro atoms. The van der Waals surface area contributed by atoms with Gasteiger partial charge in [-0.25, -0.2) is 0 Å². The molecule has 0 aliphatic heterocycles. The molecule has 1 aliphatic carbocycles. The maximum Gasteiger partial charge on any atom is 0.00218 e. The van der Waals surface area contributed by atoms with Crippen molar-refractivity contribution in [2.24, 2.45) is 5.92 Å². The quantitative estimate of drug-likeness (QED) is 0.621. The summed E-state index contributed by atoms with van der Waals surface area (Å²) < 4.78 is 0. The third-order valence-electron chi connectivity index (χ3n) is 4.50. The van der Waals surface area contributed by atoms with Gasteiger partial charge in [-0.2, -0.15) is 0 Å². The largest absolute Gasteiger partial charge is 0.303 e. The number of hydrogen-bond acceptors (Lipinski definition) is 1. The van der Waals surface area contributed by atoms with Gasteiger partial charge in [0, 0.05) is 13.1 Å². The van der Waals surface area contributed by atoms with Crippen molar-refractivity contribution < 1.29 is 0 Å². The second-order valence-corrected chi connectivity index (χ2v) is 5.99. The van der Waals surface area contributed by atoms with Crippen molar-refractivity contribution in [1.82, 2.24) is 4.90 Å². The molecule has 0 unspecified atom stereocenters. The lowest BCUT2D eigenvalue weighted by atomic mass is 9.99. The second kappa shape index (κ2) is 11.8. The van der Waals surface area contributed by atoms with E-state index in [1.165, 1.54) is 70.1 Å². The third-order valence-corrected chi connectivity index (χ3v) is 4.50. The van der Waals surface area contributed by atoms with Crippen LogP contribution in [0, 0.1) is 5.92 Å². The Morgan fingerprint density at radius 1 is 0.952 bits per heavy atom. The van der Waals surface area contributed by atoms with Gasteiger partial charge in [-0.05, 0) is 37.3 Å². The maximum atomic E-state index is 2.66. The van der Waals surface area contributed by atoms with Gasteiger partial charge >= 0.3 is 0 Å². The molecule has 1 fully saturated rings. The molecule has 0 radical (unpaired) electrons. The predicted octanol–water partition coefficient (Wildman–Crippen LogP) is 5.55. The Morgan fingerprint density at radius 3 is 2.14 bits per heavy atom. The number of benzene rings is 1. The minimum absolute atomic E-state index is 0.957. The van der Waals surface area contributed by atoms with Crippen molar-refractivity contribution >= 4 is 0 Å². The molecule has 0 amide bonds. The van der Waals surface area contributed by atoms with Crippen LogP contribution < -0.4 is 0 Å². The van der Waals surface area contributed by atoms with Crippen LogP contribution in [-0.4, -0.2) is 24.5 Å². The van der Waals surface area contributed by atoms with Crippen LogP contribution in [0.25, 0.3) is 0 Å². The average molecular weight is 290 g/mol. The SMILES string of the molecule is CC.CCN(CCc1ccccc1)CC1CCCCCC1. The van der Waals surface area contributed by atoms with E-state index >= 15 is 0 Å². The molecule has 120 valence electrons. The van der Waals surface area contributed by atoms with Crippen molar-refractivity contribution in [3.63, 3.8) is 0 Å². The summed E-state index contributed by atoms with van der Waals surface area (Å²) in [5.74, 6) is 0.957. The fourth-order valence-corrected chi connectivity index (χ4v) is 3.22. The van der Waals surface area contributed by atoms with Crippen molar-refractivity contribution in [2.45, 2.75) is 65.7 Å². The molecule has 21 heavy (non-hydrogen) atoms. The predicted molar refractivity (Wildman–Crippen MR) is 94.8 cm³/mol. The van der Waals surface area contributed by atoms with Gasteiger partial charge in [0.25, 0.3) is 0 Å². The highest BCUT2D eigenvalue weighted by Gasteiger charge is 2.15. The summed E-state index contributed by atoms with van der Waals surface area (Å²) in [6.45, 7) is 10.0. The van der Waals surface area contributed by atoms with Gasteiger partial charge in [0.05, 0.1) is 0 Å². The highest BCUT2D eigenvalue weighted by molar-refractivity contribution is 5.14. The molecule has 0 atom stereocenters. The highest BCUT2D eigenvalue weighted by Crippen LogP contribution is 2.23. The van der Waals surface area contributed by atoms with Crippen LogP contribution in [0.4, 0.5) is 0 Å². The normalized spacial score (nSPS) is 16.2. The molecule has 0 bridgehead atoms. The molecule has 0 heterocycles. The van der Waals surface area contributed by atoms with E-state index in [-0.39, 0.29) is 0 Å². The van der Waals surface area contributed by atoms with Crippen LogP contribution in [0.2, 0.25) is 0 Å². The van der Waals surface area contributed by atoms with Crippen molar-refractivity contribution in [3.8, 4) is 0 Å². The minimum atomic E-state index is 0.957. The van der Waals surface area contributed by atoms with Gasteiger partial charge in [-0.1, -0.05) is 76.8 Å². The van der Waals surface area contributed by atoms with Gasteiger partial charge in [0.1, 0.15) is 0 Å². The molecule has 1 saturated carbocycles. The molecule has 1 aromatic carbocycles. The smallest absolute Gasteiger partial charge is 0.00218 e. The van der Waals surface area contributed by atoms with Crippen molar-refractivity contribution in [1.29, 1.82) is 0 Å². The van der Waals surface area contributed by atoms with Gasteiger partial charge in [-0.15, -0.1) is 0 Å². The first-order valence-electron chi connectivity index (χ1n) is 9.14. The standard InChI is InChI=1S/C18H29N.C2H6/c1-2-19(15-14-17-10-8-5-9-11-17)16-18-12-6-3-4-7-13-18;1-2/h5,8-11,18H,2-4,6-7,12-16H2,1H3;1-2H3. The first kappa shape index (κ1) is 18.2. The van der Waals surface area contributed by atoms with Crippen LogP contribution in [0.5, 0.6) is 0 Å². The second-order valence-electron chi connectivity index (χ2n) is 5.99. The van der Waals surface area contributed by atoms with E-state index in [9.17, 15) is 0 Å². The van der Waals surface area contributed by atoms with E-state index in [1.807, 2.05) is 13.8 Å². The summed E-state index contributed by atoms with van der Waals surface area (Å²) in [5, 5.41) is 0. The fourth-order valence-electron chi connectivity index (χ4n) is 3.22. The van der Waals surface area contributed by atoms with E-state index in [0.717, 1.165) is 5.92 Å². The van der Waals surface area contributed by atoms with Crippen LogP contribution in [-0.2, 0) is 6.42 Å². The topological polar surface area (TPSA) is 3.24 Å². The molecule has 0 N–H and O–H groups in total. The molecular weight excluding hydrogens is 254 g/mol. The number of nitrogens with zero attached hydrogens (tertiary/aromatic N) is 1. The molecule has 0 saturated heterocycles. The average Bonchev–Trinajstić information content (AvgIpc) is 2.83. The Balaban J connectivity index is 0.00000106. The molecule has 1 aromatic rings. The molecule has 1 heteroatoms. The number of rotatable bonds is 6. The van der Waals surface area contributed by atoms with E-state index in [0.29, 0.717) is 0 Å². The third kappa shape index (κ3) is 7.66. The first-order chi connectivity index (χ1) is 10.4. The summed E-state index contributed by atoms with van der Waals surface area (Å²) in [4.78, 5) is 2.66. The Kier molecular flexibility index (Phi) is 10.2. The van der Waals surface area contributed by atoms with Gasteiger partial charge in [0.15, 0.2) is 0 Å². The summed E-state index contributed by atoms with van der Waals surface area (Å²) in [7, 11) is 0. The first-order valence-corrected chi connectivity index (χ1v) is 9.14. The van der Waals surface area contributed by atoms with Crippen LogP contribution >= 0.6 is 0 Å². The zero-order chi connectivity index (χ0) is 15.3. The van der Waals surface area contributed by atoms with E-state index < -0.39 is 0 Å². The zero-order valence-electron chi connectivity index (χ0n) is 14.5. The lowest BCUT2D eigenvalue weighted by Crippen LogP contribution is -2.31.